The molecule has 1 aliphatic carbocycles. The normalized spacial score (nSPS) is 13.2. The number of aromatic nitrogens is 4. The predicted molar refractivity (Wildman–Crippen MR) is 329 cm³/mol. The molecule has 0 spiro atoms. The smallest absolute Gasteiger partial charge is 0.164 e. The van der Waals surface area contributed by atoms with Gasteiger partial charge in [0.1, 0.15) is 0 Å². The number of benzene rings is 11. The Hall–Kier alpha value is -10.3. The molecule has 2 aromatic heterocycles. The van der Waals surface area contributed by atoms with E-state index in [9.17, 15) is 0 Å². The molecule has 79 heavy (non-hydrogen) atoms. The SMILES string of the molecule is C1=C[C@@H](c2cc(-c3nc(-c4ccccc4)nc(-c4ccccc4)n3)cc(-c3ccc(-c4ccccc4)cc3)c2-n2c3ccc(-c4ccccc4)cc3c3cc(-c4ccccc4)cc(-c4ccccc4)c32)CC=C1c1ccccc1. The van der Waals surface area contributed by atoms with Crippen LogP contribution in [0.15, 0.2) is 297 Å². The zero-order chi connectivity index (χ0) is 52.5. The maximum absolute atomic E-state index is 5.39. The summed E-state index contributed by atoms with van der Waals surface area (Å²) >= 11 is 0. The average Bonchev–Trinajstić information content (AvgIpc) is 4.12. The summed E-state index contributed by atoms with van der Waals surface area (Å²) in [4.78, 5) is 15.9. The zero-order valence-electron chi connectivity index (χ0n) is 43.4. The van der Waals surface area contributed by atoms with E-state index in [2.05, 4.69) is 265 Å². The Morgan fingerprint density at radius 3 is 1.25 bits per heavy atom. The van der Waals surface area contributed by atoms with E-state index >= 15 is 0 Å². The zero-order valence-corrected chi connectivity index (χ0v) is 43.4. The molecule has 1 aliphatic rings. The lowest BCUT2D eigenvalue weighted by molar-refractivity contribution is 0.846. The summed E-state index contributed by atoms with van der Waals surface area (Å²) in [7, 11) is 0. The first kappa shape index (κ1) is 47.2. The molecule has 0 bridgehead atoms. The molecule has 0 amide bonds. The molecule has 0 saturated heterocycles. The van der Waals surface area contributed by atoms with E-state index in [0.29, 0.717) is 17.5 Å². The number of allylic oxidation sites excluding steroid dienone is 4. The first-order chi connectivity index (χ1) is 39.2. The van der Waals surface area contributed by atoms with Gasteiger partial charge >= 0.3 is 0 Å². The van der Waals surface area contributed by atoms with Gasteiger partial charge in [-0.3, -0.25) is 0 Å². The lowest BCUT2D eigenvalue weighted by atomic mass is 9.84. The molecule has 0 fully saturated rings. The fraction of sp³-hybridized carbons (Fsp3) is 0.0267. The van der Waals surface area contributed by atoms with E-state index in [1.807, 2.05) is 36.4 Å². The van der Waals surface area contributed by atoms with Crippen LogP contribution < -0.4 is 0 Å². The van der Waals surface area contributed by atoms with Crippen molar-refractivity contribution in [1.29, 1.82) is 0 Å². The molecule has 0 aliphatic heterocycles. The van der Waals surface area contributed by atoms with Gasteiger partial charge < -0.3 is 4.57 Å². The highest BCUT2D eigenvalue weighted by Crippen LogP contribution is 2.48. The maximum Gasteiger partial charge on any atom is 0.164 e. The van der Waals surface area contributed by atoms with Gasteiger partial charge in [-0.05, 0) is 104 Å². The quantitative estimate of drug-likeness (QED) is 0.130. The van der Waals surface area contributed by atoms with Gasteiger partial charge in [-0.1, -0.05) is 261 Å². The highest BCUT2D eigenvalue weighted by atomic mass is 15.0. The van der Waals surface area contributed by atoms with E-state index in [-0.39, 0.29) is 5.92 Å². The molecule has 0 unspecified atom stereocenters. The van der Waals surface area contributed by atoms with Gasteiger partial charge in [0.15, 0.2) is 17.5 Å². The van der Waals surface area contributed by atoms with Crippen molar-refractivity contribution in [2.45, 2.75) is 12.3 Å². The average molecular weight is 1010 g/mol. The van der Waals surface area contributed by atoms with Crippen molar-refractivity contribution in [1.82, 2.24) is 19.5 Å². The second kappa shape index (κ2) is 20.7. The van der Waals surface area contributed by atoms with Crippen molar-refractivity contribution in [3.63, 3.8) is 0 Å². The van der Waals surface area contributed by atoms with Crippen molar-refractivity contribution in [3.8, 4) is 95.5 Å². The van der Waals surface area contributed by atoms with Crippen molar-refractivity contribution in [2.24, 2.45) is 0 Å². The van der Waals surface area contributed by atoms with Gasteiger partial charge in [0.2, 0.25) is 0 Å². The van der Waals surface area contributed by atoms with E-state index in [1.165, 1.54) is 44.2 Å². The largest absolute Gasteiger partial charge is 0.308 e. The molecule has 0 saturated carbocycles. The summed E-state index contributed by atoms with van der Waals surface area (Å²) in [6.45, 7) is 0. The summed E-state index contributed by atoms with van der Waals surface area (Å²) in [6, 6.07) is 100. The number of fused-ring (bicyclic) bond motifs is 3. The van der Waals surface area contributed by atoms with Crippen molar-refractivity contribution in [3.05, 3.63) is 308 Å². The molecule has 13 aromatic rings. The highest BCUT2D eigenvalue weighted by Gasteiger charge is 2.28. The summed E-state index contributed by atoms with van der Waals surface area (Å²) < 4.78 is 2.60. The highest BCUT2D eigenvalue weighted by molar-refractivity contribution is 6.17. The summed E-state index contributed by atoms with van der Waals surface area (Å²) in [6.07, 6.45) is 7.93. The Morgan fingerprint density at radius 2 is 0.722 bits per heavy atom. The van der Waals surface area contributed by atoms with Crippen LogP contribution in [-0.2, 0) is 0 Å². The Labute approximate surface area is 460 Å². The van der Waals surface area contributed by atoms with Crippen LogP contribution in [0.25, 0.3) is 123 Å². The van der Waals surface area contributed by atoms with E-state index in [1.54, 1.807) is 0 Å². The van der Waals surface area contributed by atoms with Crippen LogP contribution in [0, 0.1) is 0 Å². The second-order valence-electron chi connectivity index (χ2n) is 20.3. The lowest BCUT2D eigenvalue weighted by Crippen LogP contribution is -2.09. The third-order valence-electron chi connectivity index (χ3n) is 15.4. The van der Waals surface area contributed by atoms with Gasteiger partial charge in [-0.15, -0.1) is 0 Å². The molecular formula is C75H52N4. The van der Waals surface area contributed by atoms with Crippen LogP contribution in [0.5, 0.6) is 0 Å². The van der Waals surface area contributed by atoms with Crippen molar-refractivity contribution in [2.75, 3.05) is 0 Å². The number of nitrogens with zero attached hydrogens (tertiary/aromatic N) is 4. The molecule has 14 rings (SSSR count). The fourth-order valence-corrected chi connectivity index (χ4v) is 11.5. The Balaban J connectivity index is 1.12. The molecule has 11 aromatic carbocycles. The monoisotopic (exact) mass is 1010 g/mol. The van der Waals surface area contributed by atoms with Crippen molar-refractivity contribution >= 4 is 27.4 Å². The van der Waals surface area contributed by atoms with Crippen LogP contribution in [0.3, 0.4) is 0 Å². The molecule has 372 valence electrons. The van der Waals surface area contributed by atoms with E-state index < -0.39 is 0 Å². The second-order valence-corrected chi connectivity index (χ2v) is 20.3. The summed E-state index contributed by atoms with van der Waals surface area (Å²) in [5.74, 6) is 1.81. The number of hydrogen-bond donors (Lipinski definition) is 0. The maximum atomic E-state index is 5.39. The Morgan fingerprint density at radius 1 is 0.316 bits per heavy atom. The van der Waals surface area contributed by atoms with Gasteiger partial charge in [0.05, 0.1) is 16.7 Å². The lowest BCUT2D eigenvalue weighted by Gasteiger charge is -2.26. The van der Waals surface area contributed by atoms with Gasteiger partial charge in [0.25, 0.3) is 0 Å². The number of rotatable bonds is 11. The molecule has 4 nitrogen and oxygen atoms in total. The first-order valence-corrected chi connectivity index (χ1v) is 27.1. The van der Waals surface area contributed by atoms with Gasteiger partial charge in [-0.25, -0.2) is 15.0 Å². The molecule has 4 heteroatoms. The number of hydrogen-bond acceptors (Lipinski definition) is 3. The van der Waals surface area contributed by atoms with Crippen LogP contribution in [0.2, 0.25) is 0 Å². The van der Waals surface area contributed by atoms with Gasteiger partial charge in [0, 0.05) is 44.5 Å². The van der Waals surface area contributed by atoms with E-state index in [0.717, 1.165) is 78.8 Å². The van der Waals surface area contributed by atoms with Crippen LogP contribution in [0.4, 0.5) is 0 Å². The molecule has 0 N–H and O–H groups in total. The predicted octanol–water partition coefficient (Wildman–Crippen LogP) is 19.4. The van der Waals surface area contributed by atoms with Crippen LogP contribution in [0.1, 0.15) is 23.5 Å². The fourth-order valence-electron chi connectivity index (χ4n) is 11.5. The molecule has 0 radical (unpaired) electrons. The molecule has 2 heterocycles. The van der Waals surface area contributed by atoms with E-state index in [4.69, 9.17) is 15.0 Å². The third-order valence-corrected chi connectivity index (χ3v) is 15.4. The first-order valence-electron chi connectivity index (χ1n) is 27.1. The minimum absolute atomic E-state index is 0.0337. The minimum Gasteiger partial charge on any atom is -0.308 e. The minimum atomic E-state index is -0.0337. The van der Waals surface area contributed by atoms with Crippen LogP contribution in [-0.4, -0.2) is 19.5 Å². The van der Waals surface area contributed by atoms with Gasteiger partial charge in [-0.2, -0.15) is 0 Å². The topological polar surface area (TPSA) is 43.6 Å². The standard InChI is InChI=1S/C75H52N4/c1-8-22-51(23-9-1)55-36-40-58(41-37-55)66-49-64(75-77-73(60-32-18-6-19-33-60)76-74(78-75)61-34-20-7-21-35-61)50-67(59-42-38-56(39-43-59)52-24-10-2-11-25-52)71(66)79-70-45-44-62(53-26-12-3-13-27-53)46-68(70)69-48-63(54-28-14-4-15-29-54)47-65(72(69)79)57-30-16-5-17-31-57/h1-42,44-50,59H,43H2/t59-/m1/s1. The Bertz CT molecular complexity index is 4320. The molecular weight excluding hydrogens is 957 g/mol. The van der Waals surface area contributed by atoms with Crippen molar-refractivity contribution < 1.29 is 0 Å². The Kier molecular flexibility index (Phi) is 12.4. The molecule has 1 atom stereocenters. The summed E-state index contributed by atoms with van der Waals surface area (Å²) in [5, 5.41) is 2.35. The van der Waals surface area contributed by atoms with Crippen LogP contribution >= 0.6 is 0 Å². The third kappa shape index (κ3) is 9.15. The summed E-state index contributed by atoms with van der Waals surface area (Å²) in [5.41, 5.74) is 21.1.